The minimum Gasteiger partial charge on any atom is -0.497 e. The molecule has 0 aliphatic heterocycles. The lowest BCUT2D eigenvalue weighted by Crippen LogP contribution is -2.14. The zero-order chi connectivity index (χ0) is 25.3. The first-order valence-electron chi connectivity index (χ1n) is 11.3. The van der Waals surface area contributed by atoms with E-state index in [2.05, 4.69) is 10.3 Å². The molecule has 0 unspecified atom stereocenters. The number of benzene rings is 3. The fourth-order valence-electron chi connectivity index (χ4n) is 3.48. The van der Waals surface area contributed by atoms with Crippen LogP contribution in [0.4, 0.5) is 5.13 Å². The van der Waals surface area contributed by atoms with Crippen LogP contribution >= 0.6 is 11.3 Å². The van der Waals surface area contributed by atoms with Gasteiger partial charge in [-0.15, -0.1) is 11.3 Å². The number of nitrogens with zero attached hydrogens (tertiary/aromatic N) is 1. The topological polar surface area (TPSA) is 86.8 Å². The van der Waals surface area contributed by atoms with Crippen LogP contribution in [0.2, 0.25) is 0 Å². The Kier molecular flexibility index (Phi) is 8.31. The number of ketones is 1. The lowest BCUT2D eigenvalue weighted by Gasteiger charge is -2.12. The van der Waals surface area contributed by atoms with Gasteiger partial charge >= 0.3 is 0 Å². The first-order valence-corrected chi connectivity index (χ1v) is 12.2. The average molecular weight is 503 g/mol. The molecule has 1 aromatic heterocycles. The number of nitrogens with one attached hydrogen (secondary N) is 1. The number of hydrogen-bond acceptors (Lipinski definition) is 7. The number of rotatable bonds is 11. The van der Waals surface area contributed by atoms with Crippen molar-refractivity contribution in [2.45, 2.75) is 12.8 Å². The second-order valence-electron chi connectivity index (χ2n) is 7.90. The first-order chi connectivity index (χ1) is 17.6. The molecule has 36 heavy (non-hydrogen) atoms. The summed E-state index contributed by atoms with van der Waals surface area (Å²) in [6.45, 7) is -0.0675. The Labute approximate surface area is 213 Å². The van der Waals surface area contributed by atoms with Crippen LogP contribution in [0.15, 0.2) is 78.2 Å². The van der Waals surface area contributed by atoms with Gasteiger partial charge in [0.2, 0.25) is 0 Å². The van der Waals surface area contributed by atoms with Gasteiger partial charge in [-0.25, -0.2) is 4.98 Å². The molecule has 0 aliphatic rings. The zero-order valence-electron chi connectivity index (χ0n) is 20.0. The van der Waals surface area contributed by atoms with Crippen LogP contribution in [-0.4, -0.2) is 37.5 Å². The number of amides is 1. The van der Waals surface area contributed by atoms with Gasteiger partial charge in [0, 0.05) is 22.9 Å². The summed E-state index contributed by atoms with van der Waals surface area (Å²) >= 11 is 1.34. The maximum atomic E-state index is 12.8. The molecule has 0 fully saturated rings. The van der Waals surface area contributed by atoms with Gasteiger partial charge in [-0.2, -0.15) is 0 Å². The highest BCUT2D eigenvalue weighted by molar-refractivity contribution is 7.14. The number of ether oxygens (including phenoxy) is 3. The van der Waals surface area contributed by atoms with Crippen LogP contribution in [0, 0.1) is 0 Å². The Morgan fingerprint density at radius 3 is 2.42 bits per heavy atom. The highest BCUT2D eigenvalue weighted by Gasteiger charge is 2.15. The lowest BCUT2D eigenvalue weighted by atomic mass is 10.1. The smallest absolute Gasteiger partial charge is 0.257 e. The number of hydrogen-bond donors (Lipinski definition) is 1. The van der Waals surface area contributed by atoms with E-state index < -0.39 is 0 Å². The van der Waals surface area contributed by atoms with Crippen molar-refractivity contribution in [3.63, 3.8) is 0 Å². The van der Waals surface area contributed by atoms with Crippen LogP contribution in [0.3, 0.4) is 0 Å². The number of carbonyl (C=O) groups excluding carboxylic acids is 2. The van der Waals surface area contributed by atoms with E-state index >= 15 is 0 Å². The summed E-state index contributed by atoms with van der Waals surface area (Å²) in [5.41, 5.74) is 3.18. The minimum absolute atomic E-state index is 0.0147. The van der Waals surface area contributed by atoms with Gasteiger partial charge in [0.15, 0.2) is 22.4 Å². The van der Waals surface area contributed by atoms with E-state index in [-0.39, 0.29) is 18.3 Å². The molecule has 3 aromatic carbocycles. The molecule has 8 heteroatoms. The summed E-state index contributed by atoms with van der Waals surface area (Å²) < 4.78 is 16.2. The quantitative estimate of drug-likeness (QED) is 0.285. The van der Waals surface area contributed by atoms with Crippen molar-refractivity contribution in [3.8, 4) is 28.5 Å². The number of aromatic nitrogens is 1. The molecule has 4 aromatic rings. The molecule has 184 valence electrons. The molecule has 0 saturated carbocycles. The van der Waals surface area contributed by atoms with Crippen LogP contribution in [0.25, 0.3) is 11.3 Å². The fraction of sp³-hybridized carbons (Fsp3) is 0.179. The molecule has 0 aliphatic carbocycles. The van der Waals surface area contributed by atoms with Crippen molar-refractivity contribution in [1.29, 1.82) is 0 Å². The van der Waals surface area contributed by atoms with Crippen LogP contribution in [-0.2, 0) is 11.2 Å². The summed E-state index contributed by atoms with van der Waals surface area (Å²) in [7, 11) is 3.11. The van der Waals surface area contributed by atoms with E-state index in [0.717, 1.165) is 22.6 Å². The van der Waals surface area contributed by atoms with Gasteiger partial charge in [0.25, 0.3) is 5.91 Å². The molecule has 1 N–H and O–H groups in total. The Morgan fingerprint density at radius 1 is 0.917 bits per heavy atom. The molecule has 1 amide bonds. The van der Waals surface area contributed by atoms with E-state index in [1.807, 2.05) is 60.0 Å². The molecule has 0 radical (unpaired) electrons. The largest absolute Gasteiger partial charge is 0.497 e. The van der Waals surface area contributed by atoms with Gasteiger partial charge in [-0.1, -0.05) is 30.3 Å². The number of thiazole rings is 1. The second kappa shape index (κ2) is 12.0. The number of Topliss-reactive ketones (excluding diaryl/α,β-unsaturated/α-hetero) is 1. The summed E-state index contributed by atoms with van der Waals surface area (Å²) in [6, 6.07) is 22.2. The summed E-state index contributed by atoms with van der Waals surface area (Å²) in [6.07, 6.45) is 1.05. The van der Waals surface area contributed by atoms with Crippen molar-refractivity contribution >= 4 is 28.2 Å². The van der Waals surface area contributed by atoms with E-state index in [1.165, 1.54) is 18.4 Å². The molecule has 0 saturated heterocycles. The molecule has 0 spiro atoms. The summed E-state index contributed by atoms with van der Waals surface area (Å²) in [5, 5.41) is 5.18. The summed E-state index contributed by atoms with van der Waals surface area (Å²) in [4.78, 5) is 29.6. The van der Waals surface area contributed by atoms with Crippen molar-refractivity contribution in [2.24, 2.45) is 0 Å². The lowest BCUT2D eigenvalue weighted by molar-refractivity contribution is -0.121. The van der Waals surface area contributed by atoms with Crippen LogP contribution < -0.4 is 19.5 Å². The summed E-state index contributed by atoms with van der Waals surface area (Å²) in [5.74, 6) is 1.20. The van der Waals surface area contributed by atoms with Crippen molar-refractivity contribution in [3.05, 3.63) is 89.3 Å². The predicted molar refractivity (Wildman–Crippen MR) is 140 cm³/mol. The Balaban J connectivity index is 1.34. The molecule has 7 nitrogen and oxygen atoms in total. The van der Waals surface area contributed by atoms with Crippen molar-refractivity contribution < 1.29 is 23.8 Å². The highest BCUT2D eigenvalue weighted by atomic mass is 32.1. The second-order valence-corrected chi connectivity index (χ2v) is 8.76. The monoisotopic (exact) mass is 502 g/mol. The van der Waals surface area contributed by atoms with Crippen LogP contribution in [0.5, 0.6) is 17.2 Å². The van der Waals surface area contributed by atoms with Gasteiger partial charge < -0.3 is 14.2 Å². The van der Waals surface area contributed by atoms with E-state index in [9.17, 15) is 9.59 Å². The Morgan fingerprint density at radius 2 is 1.69 bits per heavy atom. The van der Waals surface area contributed by atoms with Gasteiger partial charge in [-0.05, 0) is 54.4 Å². The Bertz CT molecular complexity index is 1320. The fourth-order valence-corrected chi connectivity index (χ4v) is 4.20. The third-order valence-corrected chi connectivity index (χ3v) is 6.22. The molecule has 0 atom stereocenters. The molecular weight excluding hydrogens is 476 g/mol. The molecule has 1 heterocycles. The normalized spacial score (nSPS) is 10.5. The van der Waals surface area contributed by atoms with Gasteiger partial charge in [0.05, 0.1) is 19.9 Å². The van der Waals surface area contributed by atoms with Crippen molar-refractivity contribution in [1.82, 2.24) is 4.98 Å². The maximum absolute atomic E-state index is 12.8. The minimum atomic E-state index is -0.325. The SMILES string of the molecule is COc1ccc(-c2csc(NC(=O)c3ccc(OCC(=O)CCc4ccccc4)c(OC)c3)n2)cc1. The third kappa shape index (κ3) is 6.49. The van der Waals surface area contributed by atoms with Crippen molar-refractivity contribution in [2.75, 3.05) is 26.1 Å². The van der Waals surface area contributed by atoms with Crippen LogP contribution in [0.1, 0.15) is 22.3 Å². The van der Waals surface area contributed by atoms with Gasteiger partial charge in [-0.3, -0.25) is 14.9 Å². The zero-order valence-corrected chi connectivity index (χ0v) is 20.8. The number of anilines is 1. The number of methoxy groups -OCH3 is 2. The van der Waals surface area contributed by atoms with E-state index in [0.29, 0.717) is 35.0 Å². The molecule has 0 bridgehead atoms. The first kappa shape index (κ1) is 24.9. The predicted octanol–water partition coefficient (Wildman–Crippen LogP) is 5.66. The highest BCUT2D eigenvalue weighted by Crippen LogP contribution is 2.30. The Hall–Kier alpha value is -4.17. The van der Waals surface area contributed by atoms with E-state index in [4.69, 9.17) is 14.2 Å². The number of aryl methyl sites for hydroxylation is 1. The maximum Gasteiger partial charge on any atom is 0.257 e. The molecule has 4 rings (SSSR count). The standard InChI is InChI=1S/C28H26N2O5S/c1-33-23-13-9-20(10-14-23)24-18-36-28(29-24)30-27(32)21-11-15-25(26(16-21)34-2)35-17-22(31)12-8-19-6-4-3-5-7-19/h3-7,9-11,13-16,18H,8,12,17H2,1-2H3,(H,29,30,32). The molecular formula is C28H26N2O5S. The number of carbonyl (C=O) groups is 2. The van der Waals surface area contributed by atoms with Gasteiger partial charge in [0.1, 0.15) is 12.4 Å². The third-order valence-electron chi connectivity index (χ3n) is 5.46. The average Bonchev–Trinajstić information content (AvgIpc) is 3.39. The van der Waals surface area contributed by atoms with E-state index in [1.54, 1.807) is 25.3 Å².